The molecule has 0 unspecified atom stereocenters. The van der Waals surface area contributed by atoms with Gasteiger partial charge < -0.3 is 9.88 Å². The van der Waals surface area contributed by atoms with Crippen LogP contribution in [0, 0.1) is 11.7 Å². The van der Waals surface area contributed by atoms with Crippen LogP contribution in [-0.2, 0) is 17.8 Å². The number of hydrogen-bond acceptors (Lipinski definition) is 3. The van der Waals surface area contributed by atoms with Gasteiger partial charge in [-0.05, 0) is 49.8 Å². The second-order valence-electron chi connectivity index (χ2n) is 7.85. The number of amides is 1. The third kappa shape index (κ3) is 4.20. The molecule has 144 valence electrons. The van der Waals surface area contributed by atoms with Gasteiger partial charge in [-0.1, -0.05) is 25.7 Å². The SMILES string of the molecule is O=C(CC1CCCCC1)Nc1ccc(F)c(-c2nnc3n2CCCCC3)c1. The molecule has 1 amide bonds. The van der Waals surface area contributed by atoms with E-state index in [2.05, 4.69) is 15.5 Å². The lowest BCUT2D eigenvalue weighted by Crippen LogP contribution is -2.18. The van der Waals surface area contributed by atoms with Crippen molar-refractivity contribution in [2.24, 2.45) is 5.92 Å². The average molecular weight is 370 g/mol. The molecule has 0 atom stereocenters. The minimum Gasteiger partial charge on any atom is -0.326 e. The molecule has 1 aliphatic carbocycles. The number of fused-ring (bicyclic) bond motifs is 1. The van der Waals surface area contributed by atoms with Crippen LogP contribution >= 0.6 is 0 Å². The van der Waals surface area contributed by atoms with Crippen molar-refractivity contribution in [3.05, 3.63) is 29.8 Å². The molecule has 0 saturated heterocycles. The second-order valence-corrected chi connectivity index (χ2v) is 7.85. The Bertz CT molecular complexity index is 811. The number of hydrogen-bond donors (Lipinski definition) is 1. The largest absolute Gasteiger partial charge is 0.326 e. The van der Waals surface area contributed by atoms with Crippen LogP contribution in [0.2, 0.25) is 0 Å². The van der Waals surface area contributed by atoms with E-state index in [9.17, 15) is 9.18 Å². The molecular weight excluding hydrogens is 343 g/mol. The quantitative estimate of drug-likeness (QED) is 0.847. The highest BCUT2D eigenvalue weighted by atomic mass is 19.1. The van der Waals surface area contributed by atoms with Crippen molar-refractivity contribution in [2.75, 3.05) is 5.32 Å². The van der Waals surface area contributed by atoms with Crippen molar-refractivity contribution in [3.63, 3.8) is 0 Å². The Kier molecular flexibility index (Phi) is 5.50. The fraction of sp³-hybridized carbons (Fsp3) is 0.571. The summed E-state index contributed by atoms with van der Waals surface area (Å²) in [5.74, 6) is 1.65. The monoisotopic (exact) mass is 370 g/mol. The van der Waals surface area contributed by atoms with Crippen LogP contribution in [0.4, 0.5) is 10.1 Å². The van der Waals surface area contributed by atoms with Crippen LogP contribution in [0.1, 0.15) is 63.6 Å². The predicted octanol–water partition coefficient (Wildman–Crippen LogP) is 4.72. The summed E-state index contributed by atoms with van der Waals surface area (Å²) < 4.78 is 16.5. The van der Waals surface area contributed by atoms with E-state index in [-0.39, 0.29) is 11.7 Å². The molecule has 2 heterocycles. The number of nitrogens with one attached hydrogen (secondary N) is 1. The molecular formula is C21H27FN4O. The molecule has 0 radical (unpaired) electrons. The lowest BCUT2D eigenvalue weighted by Gasteiger charge is -2.20. The maximum absolute atomic E-state index is 14.5. The first kappa shape index (κ1) is 18.1. The molecule has 1 fully saturated rings. The first-order chi connectivity index (χ1) is 13.2. The average Bonchev–Trinajstić information content (AvgIpc) is 2.92. The molecule has 6 heteroatoms. The summed E-state index contributed by atoms with van der Waals surface area (Å²) in [4.78, 5) is 12.4. The number of rotatable bonds is 4. The number of nitrogens with zero attached hydrogens (tertiary/aromatic N) is 3. The van der Waals surface area contributed by atoms with Crippen LogP contribution in [0.25, 0.3) is 11.4 Å². The van der Waals surface area contributed by atoms with Gasteiger partial charge in [0.05, 0.1) is 5.56 Å². The third-order valence-electron chi connectivity index (χ3n) is 5.80. The van der Waals surface area contributed by atoms with Crippen LogP contribution in [-0.4, -0.2) is 20.7 Å². The minimum absolute atomic E-state index is 0.0135. The zero-order valence-electron chi connectivity index (χ0n) is 15.7. The fourth-order valence-electron chi connectivity index (χ4n) is 4.32. The van der Waals surface area contributed by atoms with Crippen LogP contribution < -0.4 is 5.32 Å². The number of benzene rings is 1. The molecule has 1 aliphatic heterocycles. The number of aryl methyl sites for hydroxylation is 1. The zero-order chi connectivity index (χ0) is 18.6. The Balaban J connectivity index is 1.52. The van der Waals surface area contributed by atoms with Gasteiger partial charge in [0.1, 0.15) is 11.6 Å². The van der Waals surface area contributed by atoms with Crippen LogP contribution in [0.5, 0.6) is 0 Å². The maximum atomic E-state index is 14.5. The smallest absolute Gasteiger partial charge is 0.224 e. The van der Waals surface area contributed by atoms with E-state index < -0.39 is 0 Å². The van der Waals surface area contributed by atoms with Gasteiger partial charge >= 0.3 is 0 Å². The standard InChI is InChI=1S/C21H27FN4O/c22-18-11-10-16(23-20(27)13-15-7-3-1-4-8-15)14-17(18)21-25-24-19-9-5-2-6-12-26(19)21/h10-11,14-15H,1-9,12-13H2,(H,23,27). The summed E-state index contributed by atoms with van der Waals surface area (Å²) in [7, 11) is 0. The highest BCUT2D eigenvalue weighted by Crippen LogP contribution is 2.29. The van der Waals surface area contributed by atoms with Crippen molar-refractivity contribution >= 4 is 11.6 Å². The summed E-state index contributed by atoms with van der Waals surface area (Å²) in [6.45, 7) is 0.815. The molecule has 2 aliphatic rings. The lowest BCUT2D eigenvalue weighted by molar-refractivity contribution is -0.117. The van der Waals surface area contributed by atoms with Gasteiger partial charge in [0.2, 0.25) is 5.91 Å². The first-order valence-electron chi connectivity index (χ1n) is 10.2. The van der Waals surface area contributed by atoms with Crippen LogP contribution in [0.3, 0.4) is 0 Å². The van der Waals surface area contributed by atoms with E-state index in [0.717, 1.165) is 50.9 Å². The van der Waals surface area contributed by atoms with Crippen molar-refractivity contribution in [1.29, 1.82) is 0 Å². The Hall–Kier alpha value is -2.24. The van der Waals surface area contributed by atoms with Crippen LogP contribution in [0.15, 0.2) is 18.2 Å². The summed E-state index contributed by atoms with van der Waals surface area (Å²) in [5.41, 5.74) is 1.03. The van der Waals surface area contributed by atoms with Crippen molar-refractivity contribution in [1.82, 2.24) is 14.8 Å². The third-order valence-corrected chi connectivity index (χ3v) is 5.80. The summed E-state index contributed by atoms with van der Waals surface area (Å²) in [5, 5.41) is 11.5. The maximum Gasteiger partial charge on any atom is 0.224 e. The molecule has 1 aromatic carbocycles. The fourth-order valence-corrected chi connectivity index (χ4v) is 4.32. The number of carbonyl (C=O) groups excluding carboxylic acids is 1. The summed E-state index contributed by atoms with van der Waals surface area (Å²) >= 11 is 0. The molecule has 1 aromatic heterocycles. The summed E-state index contributed by atoms with van der Waals surface area (Å²) in [6, 6.07) is 4.72. The first-order valence-corrected chi connectivity index (χ1v) is 10.2. The lowest BCUT2D eigenvalue weighted by atomic mass is 9.87. The highest BCUT2D eigenvalue weighted by molar-refractivity contribution is 5.91. The van der Waals surface area contributed by atoms with Gasteiger partial charge in [0.15, 0.2) is 5.82 Å². The number of anilines is 1. The van der Waals surface area contributed by atoms with E-state index in [1.165, 1.54) is 25.3 Å². The van der Waals surface area contributed by atoms with Gasteiger partial charge in [0, 0.05) is 25.1 Å². The van der Waals surface area contributed by atoms with Gasteiger partial charge in [-0.25, -0.2) is 4.39 Å². The second kappa shape index (κ2) is 8.19. The van der Waals surface area contributed by atoms with E-state index in [0.29, 0.717) is 29.4 Å². The summed E-state index contributed by atoms with van der Waals surface area (Å²) in [6.07, 6.45) is 10.7. The van der Waals surface area contributed by atoms with Gasteiger partial charge in [-0.3, -0.25) is 4.79 Å². The van der Waals surface area contributed by atoms with Crippen molar-refractivity contribution in [3.8, 4) is 11.4 Å². The normalized spacial score (nSPS) is 18.0. The molecule has 5 nitrogen and oxygen atoms in total. The number of aromatic nitrogens is 3. The molecule has 4 rings (SSSR count). The van der Waals surface area contributed by atoms with E-state index in [4.69, 9.17) is 0 Å². The number of carbonyl (C=O) groups is 1. The topological polar surface area (TPSA) is 59.8 Å². The Morgan fingerprint density at radius 3 is 2.78 bits per heavy atom. The molecule has 0 spiro atoms. The molecule has 27 heavy (non-hydrogen) atoms. The molecule has 2 aromatic rings. The van der Waals surface area contributed by atoms with Gasteiger partial charge in [-0.2, -0.15) is 0 Å². The number of halogens is 1. The van der Waals surface area contributed by atoms with E-state index in [1.54, 1.807) is 12.1 Å². The zero-order valence-corrected chi connectivity index (χ0v) is 15.7. The Labute approximate surface area is 159 Å². The Morgan fingerprint density at radius 2 is 1.93 bits per heavy atom. The molecule has 0 bridgehead atoms. The van der Waals surface area contributed by atoms with E-state index in [1.807, 2.05) is 4.57 Å². The van der Waals surface area contributed by atoms with Crippen molar-refractivity contribution in [2.45, 2.75) is 70.8 Å². The van der Waals surface area contributed by atoms with E-state index >= 15 is 0 Å². The molecule has 1 N–H and O–H groups in total. The van der Waals surface area contributed by atoms with Gasteiger partial charge in [0.25, 0.3) is 0 Å². The molecule has 1 saturated carbocycles. The Morgan fingerprint density at radius 1 is 1.11 bits per heavy atom. The van der Waals surface area contributed by atoms with Crippen molar-refractivity contribution < 1.29 is 9.18 Å². The predicted molar refractivity (Wildman–Crippen MR) is 103 cm³/mol. The van der Waals surface area contributed by atoms with Gasteiger partial charge in [-0.15, -0.1) is 10.2 Å². The minimum atomic E-state index is -0.334. The highest BCUT2D eigenvalue weighted by Gasteiger charge is 2.20.